The number of nitrogens with one attached hydrogen (secondary N) is 1. The molecular weight excluding hydrogens is 407 g/mol. The molecule has 0 aliphatic heterocycles. The summed E-state index contributed by atoms with van der Waals surface area (Å²) in [5.74, 6) is 0.993. The summed E-state index contributed by atoms with van der Waals surface area (Å²) in [4.78, 5) is 7.91. The first-order valence-electron chi connectivity index (χ1n) is 8.50. The van der Waals surface area contributed by atoms with Crippen molar-refractivity contribution >= 4 is 15.8 Å². The number of hydrogen-bond donors (Lipinski definition) is 1. The lowest BCUT2D eigenvalue weighted by molar-refractivity contribution is -0.141. The molecule has 0 saturated heterocycles. The van der Waals surface area contributed by atoms with E-state index >= 15 is 0 Å². The lowest BCUT2D eigenvalue weighted by Crippen LogP contribution is -2.15. The second kappa shape index (κ2) is 7.51. The Labute approximate surface area is 165 Å². The van der Waals surface area contributed by atoms with Crippen LogP contribution in [0.2, 0.25) is 0 Å². The first-order chi connectivity index (χ1) is 13.4. The number of rotatable bonds is 5. The fraction of sp³-hybridized carbons (Fsp3) is 0.263. The molecule has 154 valence electrons. The predicted octanol–water partition coefficient (Wildman–Crippen LogP) is 4.39. The van der Waals surface area contributed by atoms with Gasteiger partial charge in [-0.3, -0.25) is 0 Å². The molecule has 0 unspecified atom stereocenters. The van der Waals surface area contributed by atoms with Gasteiger partial charge in [-0.1, -0.05) is 12.1 Å². The number of hydrogen-bond acceptors (Lipinski definition) is 6. The molecule has 1 N–H and O–H groups in total. The van der Waals surface area contributed by atoms with Crippen molar-refractivity contribution in [2.45, 2.75) is 31.5 Å². The molecule has 0 atom stereocenters. The monoisotopic (exact) mass is 425 g/mol. The Kier molecular flexibility index (Phi) is 5.40. The fourth-order valence-corrected chi connectivity index (χ4v) is 3.39. The van der Waals surface area contributed by atoms with Crippen LogP contribution in [0.1, 0.15) is 22.8 Å². The summed E-state index contributed by atoms with van der Waals surface area (Å²) in [5, 5.41) is 2.75. The maximum atomic E-state index is 13.5. The number of aryl methyl sites for hydroxylation is 1. The predicted molar refractivity (Wildman–Crippen MR) is 101 cm³/mol. The highest BCUT2D eigenvalue weighted by atomic mass is 32.2. The van der Waals surface area contributed by atoms with Crippen molar-refractivity contribution in [1.82, 2.24) is 9.97 Å². The molecule has 2 aromatic heterocycles. The van der Waals surface area contributed by atoms with Gasteiger partial charge in [0.15, 0.2) is 15.5 Å². The van der Waals surface area contributed by atoms with Crippen molar-refractivity contribution in [1.29, 1.82) is 0 Å². The van der Waals surface area contributed by atoms with Crippen molar-refractivity contribution in [3.63, 3.8) is 0 Å². The highest BCUT2D eigenvalue weighted by molar-refractivity contribution is 7.90. The van der Waals surface area contributed by atoms with Crippen molar-refractivity contribution < 1.29 is 26.0 Å². The summed E-state index contributed by atoms with van der Waals surface area (Å²) in [6, 6.07) is 8.95. The third-order valence-electron chi connectivity index (χ3n) is 4.19. The van der Waals surface area contributed by atoms with Gasteiger partial charge in [0.2, 0.25) is 5.95 Å². The molecule has 3 aromatic rings. The van der Waals surface area contributed by atoms with E-state index in [9.17, 15) is 21.6 Å². The van der Waals surface area contributed by atoms with Crippen LogP contribution in [0.25, 0.3) is 11.3 Å². The molecule has 0 saturated carbocycles. The second-order valence-corrected chi connectivity index (χ2v) is 8.55. The Hall–Kier alpha value is -2.88. The summed E-state index contributed by atoms with van der Waals surface area (Å²) < 4.78 is 69.1. The molecule has 0 aliphatic rings. The van der Waals surface area contributed by atoms with E-state index in [1.807, 2.05) is 0 Å². The van der Waals surface area contributed by atoms with Crippen LogP contribution in [0, 0.1) is 13.8 Å². The van der Waals surface area contributed by atoms with E-state index < -0.39 is 21.7 Å². The van der Waals surface area contributed by atoms with Crippen LogP contribution in [0.4, 0.5) is 19.1 Å². The van der Waals surface area contributed by atoms with Gasteiger partial charge in [0.1, 0.15) is 11.5 Å². The zero-order chi connectivity index (χ0) is 21.4. The summed E-state index contributed by atoms with van der Waals surface area (Å²) in [6.45, 7) is 3.15. The Balaban J connectivity index is 2.03. The summed E-state index contributed by atoms with van der Waals surface area (Å²) in [7, 11) is -3.42. The third kappa shape index (κ3) is 4.76. The van der Waals surface area contributed by atoms with Crippen LogP contribution in [-0.2, 0) is 22.6 Å². The van der Waals surface area contributed by atoms with E-state index in [1.165, 1.54) is 31.2 Å². The van der Waals surface area contributed by atoms with Crippen molar-refractivity contribution in [2.75, 3.05) is 11.6 Å². The molecule has 0 fully saturated rings. The average Bonchev–Trinajstić information content (AvgIpc) is 3.04. The number of furan rings is 1. The van der Waals surface area contributed by atoms with Crippen LogP contribution >= 0.6 is 0 Å². The van der Waals surface area contributed by atoms with E-state index in [2.05, 4.69) is 15.3 Å². The molecule has 0 spiro atoms. The first kappa shape index (κ1) is 20.8. The second-order valence-electron chi connectivity index (χ2n) is 6.53. The number of alkyl halides is 3. The van der Waals surface area contributed by atoms with Crippen LogP contribution in [0.3, 0.4) is 0 Å². The normalized spacial score (nSPS) is 12.2. The maximum Gasteiger partial charge on any atom is 0.433 e. The van der Waals surface area contributed by atoms with Gasteiger partial charge in [-0.25, -0.2) is 18.4 Å². The number of aromatic nitrogens is 2. The minimum absolute atomic E-state index is 0.0606. The lowest BCUT2D eigenvalue weighted by atomic mass is 10.1. The molecule has 0 radical (unpaired) electrons. The number of halogens is 3. The van der Waals surface area contributed by atoms with E-state index in [4.69, 9.17) is 4.42 Å². The molecule has 0 aliphatic carbocycles. The molecule has 1 aromatic carbocycles. The summed E-state index contributed by atoms with van der Waals surface area (Å²) in [5.41, 5.74) is -0.804. The van der Waals surface area contributed by atoms with Crippen molar-refractivity contribution in [2.24, 2.45) is 0 Å². The lowest BCUT2D eigenvalue weighted by Gasteiger charge is -2.15. The van der Waals surface area contributed by atoms with Gasteiger partial charge in [0.05, 0.1) is 17.1 Å². The highest BCUT2D eigenvalue weighted by Crippen LogP contribution is 2.35. The van der Waals surface area contributed by atoms with Crippen LogP contribution in [0.15, 0.2) is 45.7 Å². The molecule has 2 heterocycles. The molecule has 10 heteroatoms. The number of sulfone groups is 1. The van der Waals surface area contributed by atoms with Gasteiger partial charge >= 0.3 is 6.18 Å². The zero-order valence-corrected chi connectivity index (χ0v) is 16.6. The maximum absolute atomic E-state index is 13.5. The third-order valence-corrected chi connectivity index (χ3v) is 5.32. The van der Waals surface area contributed by atoms with Crippen LogP contribution in [0.5, 0.6) is 0 Å². The zero-order valence-electron chi connectivity index (χ0n) is 15.8. The Morgan fingerprint density at radius 2 is 1.69 bits per heavy atom. The van der Waals surface area contributed by atoms with Gasteiger partial charge in [-0.15, -0.1) is 0 Å². The molecule has 0 amide bonds. The smallest absolute Gasteiger partial charge is 0.433 e. The fourth-order valence-electron chi connectivity index (χ4n) is 2.76. The quantitative estimate of drug-likeness (QED) is 0.653. The Morgan fingerprint density at radius 3 is 2.21 bits per heavy atom. The molecule has 3 rings (SSSR count). The molecule has 29 heavy (non-hydrogen) atoms. The number of nitrogens with zero attached hydrogens (tertiary/aromatic N) is 2. The molecule has 0 bridgehead atoms. The number of anilines is 1. The molecule has 6 nitrogen and oxygen atoms in total. The van der Waals surface area contributed by atoms with Gasteiger partial charge in [-0.05, 0) is 38.1 Å². The summed E-state index contributed by atoms with van der Waals surface area (Å²) in [6.07, 6.45) is -3.62. The van der Waals surface area contributed by atoms with Gasteiger partial charge in [0.25, 0.3) is 0 Å². The number of benzene rings is 1. The van der Waals surface area contributed by atoms with E-state index in [0.717, 1.165) is 6.26 Å². The van der Waals surface area contributed by atoms with Crippen LogP contribution in [-0.4, -0.2) is 24.6 Å². The Morgan fingerprint density at radius 1 is 1.03 bits per heavy atom. The van der Waals surface area contributed by atoms with Crippen molar-refractivity contribution in [3.8, 4) is 11.3 Å². The van der Waals surface area contributed by atoms with Crippen molar-refractivity contribution in [3.05, 3.63) is 59.2 Å². The minimum atomic E-state index is -4.67. The van der Waals surface area contributed by atoms with Gasteiger partial charge in [-0.2, -0.15) is 13.2 Å². The molecular formula is C19H18F3N3O3S. The largest absolute Gasteiger partial charge is 0.465 e. The van der Waals surface area contributed by atoms with Gasteiger partial charge in [0, 0.05) is 17.4 Å². The average molecular weight is 425 g/mol. The minimum Gasteiger partial charge on any atom is -0.465 e. The summed E-state index contributed by atoms with van der Waals surface area (Å²) >= 11 is 0. The standard InChI is InChI=1S/C19H18F3N3O3S/c1-11-4-7-14(28-11)10-23-18-24-16(12(2)17(25-18)19(20,21)22)13-5-8-15(9-6-13)29(3,26)27/h4-9H,10H2,1-3H3,(H,23,24,25). The SMILES string of the molecule is Cc1ccc(CNc2nc(-c3ccc(S(C)(=O)=O)cc3)c(C)c(C(F)(F)F)n2)o1. The van der Waals surface area contributed by atoms with Crippen LogP contribution < -0.4 is 5.32 Å². The van der Waals surface area contributed by atoms with E-state index in [1.54, 1.807) is 19.1 Å². The van der Waals surface area contributed by atoms with Gasteiger partial charge < -0.3 is 9.73 Å². The Bertz CT molecular complexity index is 1140. The van der Waals surface area contributed by atoms with E-state index in [0.29, 0.717) is 17.1 Å². The topological polar surface area (TPSA) is 85.1 Å². The highest BCUT2D eigenvalue weighted by Gasteiger charge is 2.36. The van der Waals surface area contributed by atoms with E-state index in [-0.39, 0.29) is 28.6 Å². The first-order valence-corrected chi connectivity index (χ1v) is 10.4.